The minimum absolute atomic E-state index is 0.110. The second-order valence-electron chi connectivity index (χ2n) is 9.17. The van der Waals surface area contributed by atoms with Crippen LogP contribution in [0.1, 0.15) is 31.2 Å². The topological polar surface area (TPSA) is 52.7 Å². The number of carbonyl (C=O) groups is 2. The molecule has 1 saturated carbocycles. The molecule has 3 heterocycles. The van der Waals surface area contributed by atoms with Gasteiger partial charge >= 0.3 is 0 Å². The van der Waals surface area contributed by atoms with Crippen LogP contribution in [-0.2, 0) is 16.0 Å². The molecule has 5 rings (SSSR count). The lowest BCUT2D eigenvalue weighted by Crippen LogP contribution is -2.56. The zero-order chi connectivity index (χ0) is 19.3. The number of piperidine rings is 1. The summed E-state index contributed by atoms with van der Waals surface area (Å²) in [6.07, 6.45) is 4.79. The van der Waals surface area contributed by atoms with Crippen LogP contribution in [0.5, 0.6) is 0 Å². The van der Waals surface area contributed by atoms with Crippen molar-refractivity contribution in [2.75, 3.05) is 32.7 Å². The van der Waals surface area contributed by atoms with Crippen LogP contribution < -0.4 is 5.32 Å². The Morgan fingerprint density at radius 2 is 1.93 bits per heavy atom. The van der Waals surface area contributed by atoms with E-state index in [1.54, 1.807) is 0 Å². The predicted molar refractivity (Wildman–Crippen MR) is 108 cm³/mol. The van der Waals surface area contributed by atoms with Crippen molar-refractivity contribution in [3.8, 4) is 0 Å². The van der Waals surface area contributed by atoms with Gasteiger partial charge in [0.05, 0.1) is 12.3 Å². The van der Waals surface area contributed by atoms with E-state index in [1.807, 2.05) is 29.2 Å². The van der Waals surface area contributed by atoms with Crippen molar-refractivity contribution in [1.29, 1.82) is 0 Å². The van der Waals surface area contributed by atoms with Gasteiger partial charge in [-0.05, 0) is 43.2 Å². The first-order valence-corrected chi connectivity index (χ1v) is 11.0. The van der Waals surface area contributed by atoms with Gasteiger partial charge in [0.15, 0.2) is 0 Å². The Balaban J connectivity index is 1.22. The van der Waals surface area contributed by atoms with E-state index in [2.05, 4.69) is 10.2 Å². The molecule has 0 radical (unpaired) electrons. The maximum absolute atomic E-state index is 12.8. The molecule has 4 fully saturated rings. The lowest BCUT2D eigenvalue weighted by Gasteiger charge is -2.43. The van der Waals surface area contributed by atoms with Crippen LogP contribution in [0.15, 0.2) is 24.3 Å². The van der Waals surface area contributed by atoms with E-state index in [0.29, 0.717) is 17.4 Å². The third-order valence-corrected chi connectivity index (χ3v) is 7.70. The van der Waals surface area contributed by atoms with E-state index >= 15 is 0 Å². The normalized spacial score (nSPS) is 29.2. The third-order valence-electron chi connectivity index (χ3n) is 7.34. The van der Waals surface area contributed by atoms with Gasteiger partial charge in [0.2, 0.25) is 11.8 Å². The summed E-state index contributed by atoms with van der Waals surface area (Å²) in [7, 11) is 0. The first-order chi connectivity index (χ1) is 13.5. The van der Waals surface area contributed by atoms with Crippen molar-refractivity contribution < 1.29 is 9.59 Å². The molecule has 3 aliphatic heterocycles. The zero-order valence-corrected chi connectivity index (χ0v) is 17.0. The Kier molecular flexibility index (Phi) is 4.63. The molecule has 4 aliphatic rings. The summed E-state index contributed by atoms with van der Waals surface area (Å²) >= 11 is 6.21. The minimum Gasteiger partial charge on any atom is -0.350 e. The number of nitrogens with one attached hydrogen (secondary N) is 1. The third kappa shape index (κ3) is 3.33. The van der Waals surface area contributed by atoms with Crippen molar-refractivity contribution in [1.82, 2.24) is 15.1 Å². The maximum Gasteiger partial charge on any atom is 0.227 e. The molecule has 1 N–H and O–H groups in total. The van der Waals surface area contributed by atoms with Gasteiger partial charge in [-0.1, -0.05) is 29.8 Å². The SMILES string of the molecule is O=C1NC2(CCN(C(=O)Cc3ccccc3Cl)CC2)[C@H]2CN(CC3CC3)C[C@@H]12. The van der Waals surface area contributed by atoms with Crippen molar-refractivity contribution in [2.24, 2.45) is 17.8 Å². The van der Waals surface area contributed by atoms with Crippen LogP contribution in [0.4, 0.5) is 0 Å². The molecule has 3 saturated heterocycles. The highest BCUT2D eigenvalue weighted by Crippen LogP contribution is 2.45. The van der Waals surface area contributed by atoms with E-state index in [9.17, 15) is 9.59 Å². The van der Waals surface area contributed by atoms with Gasteiger partial charge in [-0.25, -0.2) is 0 Å². The van der Waals surface area contributed by atoms with Gasteiger partial charge in [0.25, 0.3) is 0 Å². The fourth-order valence-electron chi connectivity index (χ4n) is 5.52. The number of halogens is 1. The summed E-state index contributed by atoms with van der Waals surface area (Å²) in [5.74, 6) is 1.77. The number of hydrogen-bond acceptors (Lipinski definition) is 3. The molecule has 1 aromatic rings. The molecule has 0 aromatic heterocycles. The van der Waals surface area contributed by atoms with Gasteiger partial charge in [-0.2, -0.15) is 0 Å². The van der Waals surface area contributed by atoms with Crippen LogP contribution in [0, 0.1) is 17.8 Å². The van der Waals surface area contributed by atoms with Crippen molar-refractivity contribution in [3.63, 3.8) is 0 Å². The number of benzene rings is 1. The Bertz CT molecular complexity index is 786. The van der Waals surface area contributed by atoms with Crippen LogP contribution in [0.2, 0.25) is 5.02 Å². The number of fused-ring (bicyclic) bond motifs is 2. The molecule has 28 heavy (non-hydrogen) atoms. The summed E-state index contributed by atoms with van der Waals surface area (Å²) in [5.41, 5.74) is 0.775. The zero-order valence-electron chi connectivity index (χ0n) is 16.2. The molecular formula is C22H28ClN3O2. The van der Waals surface area contributed by atoms with Gasteiger partial charge in [0, 0.05) is 49.2 Å². The molecule has 1 aliphatic carbocycles. The largest absolute Gasteiger partial charge is 0.350 e. The van der Waals surface area contributed by atoms with Crippen LogP contribution in [0.25, 0.3) is 0 Å². The van der Waals surface area contributed by atoms with Gasteiger partial charge in [0.1, 0.15) is 0 Å². The number of amides is 2. The number of hydrogen-bond donors (Lipinski definition) is 1. The number of rotatable bonds is 4. The molecule has 1 aromatic carbocycles. The highest BCUT2D eigenvalue weighted by atomic mass is 35.5. The van der Waals surface area contributed by atoms with Crippen molar-refractivity contribution >= 4 is 23.4 Å². The standard InChI is InChI=1S/C22H28ClN3O2/c23-19-4-2-1-3-16(19)11-20(27)26-9-7-22(8-10-26)18-14-25(12-15-5-6-15)13-17(18)21(28)24-22/h1-4,15,17-18H,5-14H2,(H,24,28)/t17-,18+/m1/s1. The van der Waals surface area contributed by atoms with E-state index in [4.69, 9.17) is 11.6 Å². The predicted octanol–water partition coefficient (Wildman–Crippen LogP) is 2.33. The molecule has 0 bridgehead atoms. The highest BCUT2D eigenvalue weighted by molar-refractivity contribution is 6.31. The van der Waals surface area contributed by atoms with Crippen LogP contribution in [-0.4, -0.2) is 59.9 Å². The Hall–Kier alpha value is -1.59. The van der Waals surface area contributed by atoms with E-state index in [1.165, 1.54) is 19.4 Å². The maximum atomic E-state index is 12.8. The number of likely N-dealkylation sites (tertiary alicyclic amines) is 2. The Labute approximate surface area is 171 Å². The summed E-state index contributed by atoms with van der Waals surface area (Å²) in [4.78, 5) is 29.9. The average molecular weight is 402 g/mol. The van der Waals surface area contributed by atoms with Crippen molar-refractivity contribution in [3.05, 3.63) is 34.9 Å². The van der Waals surface area contributed by atoms with E-state index in [0.717, 1.165) is 50.5 Å². The Morgan fingerprint density at radius 3 is 2.64 bits per heavy atom. The van der Waals surface area contributed by atoms with E-state index < -0.39 is 0 Å². The summed E-state index contributed by atoms with van der Waals surface area (Å²) in [6, 6.07) is 7.55. The number of carbonyl (C=O) groups excluding carboxylic acids is 2. The second-order valence-corrected chi connectivity index (χ2v) is 9.58. The first-order valence-electron chi connectivity index (χ1n) is 10.6. The summed E-state index contributed by atoms with van der Waals surface area (Å²) < 4.78 is 0. The molecule has 2 atom stereocenters. The second kappa shape index (κ2) is 7.03. The van der Waals surface area contributed by atoms with E-state index in [-0.39, 0.29) is 23.3 Å². The lowest BCUT2D eigenvalue weighted by molar-refractivity contribution is -0.132. The molecule has 1 spiro atoms. The van der Waals surface area contributed by atoms with Gasteiger partial charge in [-0.15, -0.1) is 0 Å². The summed E-state index contributed by atoms with van der Waals surface area (Å²) in [6.45, 7) is 4.56. The van der Waals surface area contributed by atoms with Gasteiger partial charge < -0.3 is 15.1 Å². The number of nitrogens with zero attached hydrogens (tertiary/aromatic N) is 2. The first kappa shape index (κ1) is 18.4. The van der Waals surface area contributed by atoms with Crippen LogP contribution >= 0.6 is 11.6 Å². The molecule has 2 amide bonds. The molecule has 150 valence electrons. The Morgan fingerprint density at radius 1 is 1.18 bits per heavy atom. The molecular weight excluding hydrogens is 374 g/mol. The van der Waals surface area contributed by atoms with Crippen LogP contribution in [0.3, 0.4) is 0 Å². The average Bonchev–Trinajstić information content (AvgIpc) is 3.33. The van der Waals surface area contributed by atoms with Crippen molar-refractivity contribution in [2.45, 2.75) is 37.6 Å². The smallest absolute Gasteiger partial charge is 0.227 e. The highest BCUT2D eigenvalue weighted by Gasteiger charge is 2.57. The lowest BCUT2D eigenvalue weighted by atomic mass is 9.75. The fraction of sp³-hybridized carbons (Fsp3) is 0.636. The summed E-state index contributed by atoms with van der Waals surface area (Å²) in [5, 5.41) is 4.00. The quantitative estimate of drug-likeness (QED) is 0.842. The van der Waals surface area contributed by atoms with Gasteiger partial charge in [-0.3, -0.25) is 9.59 Å². The molecule has 6 heteroatoms. The monoisotopic (exact) mass is 401 g/mol. The fourth-order valence-corrected chi connectivity index (χ4v) is 5.73. The molecule has 0 unspecified atom stereocenters. The molecule has 5 nitrogen and oxygen atoms in total. The minimum atomic E-state index is -0.110.